The summed E-state index contributed by atoms with van der Waals surface area (Å²) in [6.07, 6.45) is 2.19. The smallest absolute Gasteiger partial charge is 0.317 e. The molecule has 0 atom stereocenters. The molecule has 29 heavy (non-hydrogen) atoms. The SMILES string of the molecule is COCCN1CCN(C2CCN(C(=O)NCCc3ccccc3)CC2)C(=O)C1=O. The lowest BCUT2D eigenvalue weighted by molar-refractivity contribution is -0.158. The minimum absolute atomic E-state index is 0.0180. The first-order valence-electron chi connectivity index (χ1n) is 10.3. The molecule has 8 nitrogen and oxygen atoms in total. The van der Waals surface area contributed by atoms with Crippen LogP contribution in [0.4, 0.5) is 4.79 Å². The lowest BCUT2D eigenvalue weighted by atomic mass is 10.0. The van der Waals surface area contributed by atoms with E-state index >= 15 is 0 Å². The Bertz CT molecular complexity index is 704. The highest BCUT2D eigenvalue weighted by atomic mass is 16.5. The van der Waals surface area contributed by atoms with Crippen molar-refractivity contribution in [1.29, 1.82) is 0 Å². The first-order chi connectivity index (χ1) is 14.1. The Morgan fingerprint density at radius 2 is 1.79 bits per heavy atom. The third-order valence-corrected chi connectivity index (χ3v) is 5.63. The van der Waals surface area contributed by atoms with Crippen LogP contribution < -0.4 is 5.32 Å². The maximum absolute atomic E-state index is 12.5. The fourth-order valence-electron chi connectivity index (χ4n) is 3.90. The first kappa shape index (κ1) is 21.1. The molecule has 0 saturated carbocycles. The summed E-state index contributed by atoms with van der Waals surface area (Å²) < 4.78 is 5.00. The second-order valence-electron chi connectivity index (χ2n) is 7.47. The molecule has 2 saturated heterocycles. The minimum atomic E-state index is -0.450. The Labute approximate surface area is 171 Å². The highest BCUT2D eigenvalue weighted by Crippen LogP contribution is 2.19. The molecule has 0 spiro atoms. The summed E-state index contributed by atoms with van der Waals surface area (Å²) in [4.78, 5) is 42.2. The van der Waals surface area contributed by atoms with E-state index in [2.05, 4.69) is 5.32 Å². The lowest BCUT2D eigenvalue weighted by Gasteiger charge is -2.42. The van der Waals surface area contributed by atoms with E-state index in [4.69, 9.17) is 4.74 Å². The van der Waals surface area contributed by atoms with Crippen LogP contribution in [-0.4, -0.2) is 91.6 Å². The molecule has 1 aromatic rings. The van der Waals surface area contributed by atoms with Gasteiger partial charge in [-0.05, 0) is 24.8 Å². The number of rotatable bonds is 7. The Morgan fingerprint density at radius 3 is 2.48 bits per heavy atom. The second kappa shape index (κ2) is 10.2. The van der Waals surface area contributed by atoms with Gasteiger partial charge in [0.1, 0.15) is 0 Å². The molecule has 158 valence electrons. The van der Waals surface area contributed by atoms with Gasteiger partial charge >= 0.3 is 17.8 Å². The largest absolute Gasteiger partial charge is 0.383 e. The van der Waals surface area contributed by atoms with Gasteiger partial charge in [-0.15, -0.1) is 0 Å². The first-order valence-corrected chi connectivity index (χ1v) is 10.3. The van der Waals surface area contributed by atoms with Gasteiger partial charge in [0.2, 0.25) is 0 Å². The van der Waals surface area contributed by atoms with E-state index in [1.807, 2.05) is 30.3 Å². The van der Waals surface area contributed by atoms with Gasteiger partial charge in [0.25, 0.3) is 0 Å². The number of methoxy groups -OCH3 is 1. The molecule has 2 heterocycles. The van der Waals surface area contributed by atoms with Gasteiger partial charge in [0.15, 0.2) is 0 Å². The zero-order valence-corrected chi connectivity index (χ0v) is 17.0. The van der Waals surface area contributed by atoms with Crippen molar-refractivity contribution in [2.45, 2.75) is 25.3 Å². The zero-order chi connectivity index (χ0) is 20.6. The molecule has 4 amide bonds. The summed E-state index contributed by atoms with van der Waals surface area (Å²) in [6, 6.07) is 10.0. The van der Waals surface area contributed by atoms with Gasteiger partial charge in [-0.1, -0.05) is 30.3 Å². The number of carbonyl (C=O) groups excluding carboxylic acids is 3. The van der Waals surface area contributed by atoms with Crippen LogP contribution in [0.2, 0.25) is 0 Å². The number of carbonyl (C=O) groups is 3. The normalized spacial score (nSPS) is 18.3. The van der Waals surface area contributed by atoms with Gasteiger partial charge < -0.3 is 24.8 Å². The number of piperazine rings is 1. The molecule has 1 N–H and O–H groups in total. The van der Waals surface area contributed by atoms with Crippen LogP contribution in [0.25, 0.3) is 0 Å². The van der Waals surface area contributed by atoms with E-state index in [-0.39, 0.29) is 12.1 Å². The number of hydrogen-bond acceptors (Lipinski definition) is 4. The number of ether oxygens (including phenoxy) is 1. The fraction of sp³-hybridized carbons (Fsp3) is 0.571. The molecule has 0 aliphatic carbocycles. The maximum atomic E-state index is 12.5. The van der Waals surface area contributed by atoms with Crippen LogP contribution in [-0.2, 0) is 20.7 Å². The highest BCUT2D eigenvalue weighted by molar-refractivity contribution is 6.35. The molecule has 2 aliphatic rings. The zero-order valence-electron chi connectivity index (χ0n) is 17.0. The summed E-state index contributed by atoms with van der Waals surface area (Å²) in [5.41, 5.74) is 1.19. The van der Waals surface area contributed by atoms with Crippen LogP contribution in [0.3, 0.4) is 0 Å². The van der Waals surface area contributed by atoms with Crippen LogP contribution in [0.15, 0.2) is 30.3 Å². The third-order valence-electron chi connectivity index (χ3n) is 5.63. The van der Waals surface area contributed by atoms with E-state index in [1.165, 1.54) is 5.56 Å². The highest BCUT2D eigenvalue weighted by Gasteiger charge is 2.37. The van der Waals surface area contributed by atoms with Crippen LogP contribution in [0.5, 0.6) is 0 Å². The Morgan fingerprint density at radius 1 is 1.07 bits per heavy atom. The van der Waals surface area contributed by atoms with Crippen molar-refractivity contribution in [2.75, 3.05) is 53.0 Å². The van der Waals surface area contributed by atoms with Crippen LogP contribution in [0, 0.1) is 0 Å². The molecule has 8 heteroatoms. The molecular weight excluding hydrogens is 372 g/mol. The number of hydrogen-bond donors (Lipinski definition) is 1. The van der Waals surface area contributed by atoms with Gasteiger partial charge in [-0.2, -0.15) is 0 Å². The van der Waals surface area contributed by atoms with Gasteiger partial charge in [0, 0.05) is 52.4 Å². The van der Waals surface area contributed by atoms with Crippen molar-refractivity contribution >= 4 is 17.8 Å². The van der Waals surface area contributed by atoms with Gasteiger partial charge in [-0.25, -0.2) is 4.79 Å². The summed E-state index contributed by atoms with van der Waals surface area (Å²) in [7, 11) is 1.58. The van der Waals surface area contributed by atoms with E-state index in [0.717, 1.165) is 6.42 Å². The predicted molar refractivity (Wildman–Crippen MR) is 108 cm³/mol. The molecule has 2 fully saturated rings. The molecule has 0 bridgehead atoms. The van der Waals surface area contributed by atoms with E-state index in [1.54, 1.807) is 21.8 Å². The molecule has 1 aromatic carbocycles. The van der Waals surface area contributed by atoms with Crippen molar-refractivity contribution in [3.05, 3.63) is 35.9 Å². The maximum Gasteiger partial charge on any atom is 0.317 e. The fourth-order valence-corrected chi connectivity index (χ4v) is 3.90. The summed E-state index contributed by atoms with van der Waals surface area (Å²) >= 11 is 0. The minimum Gasteiger partial charge on any atom is -0.383 e. The molecular formula is C21H30N4O4. The average molecular weight is 402 g/mol. The Kier molecular flexibility index (Phi) is 7.46. The van der Waals surface area contributed by atoms with Crippen molar-refractivity contribution in [3.8, 4) is 0 Å². The third kappa shape index (κ3) is 5.47. The van der Waals surface area contributed by atoms with E-state index < -0.39 is 11.8 Å². The summed E-state index contributed by atoms with van der Waals surface area (Å²) in [5.74, 6) is -0.882. The molecule has 3 rings (SSSR count). The molecule has 0 radical (unpaired) electrons. The van der Waals surface area contributed by atoms with Crippen molar-refractivity contribution in [2.24, 2.45) is 0 Å². The van der Waals surface area contributed by atoms with Gasteiger partial charge in [-0.3, -0.25) is 9.59 Å². The Hall–Kier alpha value is -2.61. The Balaban J connectivity index is 1.41. The number of urea groups is 1. The van der Waals surface area contributed by atoms with E-state index in [9.17, 15) is 14.4 Å². The second-order valence-corrected chi connectivity index (χ2v) is 7.47. The van der Waals surface area contributed by atoms with Crippen molar-refractivity contribution < 1.29 is 19.1 Å². The summed E-state index contributed by atoms with van der Waals surface area (Å²) in [5, 5.41) is 2.97. The van der Waals surface area contributed by atoms with Gasteiger partial charge in [0.05, 0.1) is 6.61 Å². The lowest BCUT2D eigenvalue weighted by Crippen LogP contribution is -2.59. The number of piperidine rings is 1. The molecule has 0 unspecified atom stereocenters. The van der Waals surface area contributed by atoms with Crippen LogP contribution >= 0.6 is 0 Å². The topological polar surface area (TPSA) is 82.2 Å². The summed E-state index contributed by atoms with van der Waals surface area (Å²) in [6.45, 7) is 3.73. The number of likely N-dealkylation sites (tertiary alicyclic amines) is 1. The van der Waals surface area contributed by atoms with E-state index in [0.29, 0.717) is 58.7 Å². The van der Waals surface area contributed by atoms with Crippen molar-refractivity contribution in [3.63, 3.8) is 0 Å². The molecule has 0 aromatic heterocycles. The number of nitrogens with one attached hydrogen (secondary N) is 1. The standard InChI is InChI=1S/C21H30N4O4/c1-29-16-15-23-13-14-25(20(27)19(23)26)18-8-11-24(12-9-18)21(28)22-10-7-17-5-3-2-4-6-17/h2-6,18H,7-16H2,1H3,(H,22,28). The monoisotopic (exact) mass is 402 g/mol. The number of nitrogens with zero attached hydrogens (tertiary/aromatic N) is 3. The quantitative estimate of drug-likeness (QED) is 0.682. The average Bonchev–Trinajstić information content (AvgIpc) is 2.76. The molecule has 2 aliphatic heterocycles. The number of amides is 4. The van der Waals surface area contributed by atoms with Crippen LogP contribution in [0.1, 0.15) is 18.4 Å². The number of benzene rings is 1. The van der Waals surface area contributed by atoms with Crippen molar-refractivity contribution in [1.82, 2.24) is 20.0 Å². The predicted octanol–water partition coefficient (Wildman–Crippen LogP) is 0.720.